The Kier molecular flexibility index (Phi) is 9.29. The van der Waals surface area contributed by atoms with Crippen molar-refractivity contribution in [1.82, 2.24) is 0 Å². The van der Waals surface area contributed by atoms with Gasteiger partial charge in [-0.05, 0) is 30.5 Å². The van der Waals surface area contributed by atoms with Crippen molar-refractivity contribution in [1.29, 1.82) is 0 Å². The number of carbonyl (C=O) groups excluding carboxylic acids is 1. The molecule has 1 aromatic carbocycles. The summed E-state index contributed by atoms with van der Waals surface area (Å²) in [5.41, 5.74) is 1.16. The molecule has 118 valence electrons. The summed E-state index contributed by atoms with van der Waals surface area (Å²) in [5.74, 6) is 0.675. The molecule has 0 radical (unpaired) electrons. The molecule has 0 spiro atoms. The van der Waals surface area contributed by atoms with Crippen LogP contribution in [0.15, 0.2) is 24.3 Å². The Morgan fingerprint density at radius 3 is 2.19 bits per heavy atom. The first kappa shape index (κ1) is 17.5. The highest BCUT2D eigenvalue weighted by Gasteiger charge is 1.96. The van der Waals surface area contributed by atoms with Crippen LogP contribution in [0.4, 0.5) is 0 Å². The van der Waals surface area contributed by atoms with Crippen LogP contribution in [0, 0.1) is 0 Å². The van der Waals surface area contributed by atoms with E-state index in [0.717, 1.165) is 50.0 Å². The van der Waals surface area contributed by atoms with Gasteiger partial charge in [-0.2, -0.15) is 0 Å². The van der Waals surface area contributed by atoms with Gasteiger partial charge in [0.1, 0.15) is 5.75 Å². The van der Waals surface area contributed by atoms with Crippen molar-refractivity contribution in [3.8, 4) is 5.75 Å². The van der Waals surface area contributed by atoms with Crippen LogP contribution in [-0.4, -0.2) is 26.3 Å². The van der Waals surface area contributed by atoms with Crippen molar-refractivity contribution < 1.29 is 19.0 Å². The van der Waals surface area contributed by atoms with Crippen molar-refractivity contribution in [3.05, 3.63) is 29.8 Å². The van der Waals surface area contributed by atoms with Crippen LogP contribution in [0.1, 0.15) is 44.6 Å². The van der Waals surface area contributed by atoms with E-state index < -0.39 is 0 Å². The summed E-state index contributed by atoms with van der Waals surface area (Å²) < 4.78 is 15.6. The van der Waals surface area contributed by atoms with E-state index in [2.05, 4.69) is 0 Å². The third-order valence-corrected chi connectivity index (χ3v) is 3.17. The predicted molar refractivity (Wildman–Crippen MR) is 82.4 cm³/mol. The second-order valence-electron chi connectivity index (χ2n) is 5.01. The molecule has 0 aromatic heterocycles. The molecule has 1 rings (SSSR count). The summed E-state index contributed by atoms with van der Waals surface area (Å²) in [6.07, 6.45) is 5.44. The number of benzene rings is 1. The highest BCUT2D eigenvalue weighted by molar-refractivity contribution is 5.65. The van der Waals surface area contributed by atoms with Gasteiger partial charge >= 0.3 is 5.97 Å². The minimum atomic E-state index is -0.193. The molecule has 4 heteroatoms. The predicted octanol–water partition coefficient (Wildman–Crippen LogP) is 3.73. The molecular formula is C17H26O4. The van der Waals surface area contributed by atoms with Crippen LogP contribution in [0.25, 0.3) is 0 Å². The molecule has 0 aliphatic rings. The maximum absolute atomic E-state index is 10.6. The van der Waals surface area contributed by atoms with Gasteiger partial charge in [0.25, 0.3) is 0 Å². The molecule has 21 heavy (non-hydrogen) atoms. The fourth-order valence-corrected chi connectivity index (χ4v) is 1.96. The summed E-state index contributed by atoms with van der Waals surface area (Å²) in [4.78, 5) is 10.6. The Morgan fingerprint density at radius 2 is 1.57 bits per heavy atom. The lowest BCUT2D eigenvalue weighted by molar-refractivity contribution is -0.141. The first-order chi connectivity index (χ1) is 10.2. The molecule has 4 nitrogen and oxygen atoms in total. The molecule has 0 unspecified atom stereocenters. The average Bonchev–Trinajstić information content (AvgIpc) is 2.49. The lowest BCUT2D eigenvalue weighted by atomic mass is 10.1. The maximum atomic E-state index is 10.6. The highest BCUT2D eigenvalue weighted by Crippen LogP contribution is 2.12. The Morgan fingerprint density at radius 1 is 0.952 bits per heavy atom. The quantitative estimate of drug-likeness (QED) is 0.461. The molecule has 0 saturated carbocycles. The van der Waals surface area contributed by atoms with E-state index in [1.54, 1.807) is 7.11 Å². The molecule has 0 fully saturated rings. The number of esters is 1. The van der Waals surface area contributed by atoms with Crippen molar-refractivity contribution in [2.24, 2.45) is 0 Å². The van der Waals surface area contributed by atoms with E-state index in [1.807, 2.05) is 24.3 Å². The topological polar surface area (TPSA) is 44.8 Å². The van der Waals surface area contributed by atoms with Gasteiger partial charge in [-0.15, -0.1) is 0 Å². The van der Waals surface area contributed by atoms with Gasteiger partial charge in [-0.25, -0.2) is 0 Å². The number of carbonyl (C=O) groups is 1. The van der Waals surface area contributed by atoms with Crippen LogP contribution < -0.4 is 4.74 Å². The summed E-state index contributed by atoms with van der Waals surface area (Å²) in [5, 5.41) is 0. The van der Waals surface area contributed by atoms with E-state index in [0.29, 0.717) is 13.2 Å². The first-order valence-corrected chi connectivity index (χ1v) is 7.56. The van der Waals surface area contributed by atoms with Crippen molar-refractivity contribution in [2.45, 2.75) is 45.6 Å². The normalized spacial score (nSPS) is 10.4. The lowest BCUT2D eigenvalue weighted by Gasteiger charge is -2.06. The summed E-state index contributed by atoms with van der Waals surface area (Å²) in [6.45, 7) is 3.43. The SMILES string of the molecule is COc1ccc(COCCCCCCCOC(C)=O)cc1. The highest BCUT2D eigenvalue weighted by atomic mass is 16.5. The van der Waals surface area contributed by atoms with Crippen LogP contribution in [0.2, 0.25) is 0 Å². The lowest BCUT2D eigenvalue weighted by Crippen LogP contribution is -2.00. The third kappa shape index (κ3) is 9.08. The number of rotatable bonds is 11. The van der Waals surface area contributed by atoms with E-state index in [-0.39, 0.29) is 5.97 Å². The van der Waals surface area contributed by atoms with Gasteiger partial charge in [0.2, 0.25) is 0 Å². The largest absolute Gasteiger partial charge is 0.497 e. The number of hydrogen-bond acceptors (Lipinski definition) is 4. The molecule has 1 aromatic rings. The summed E-state index contributed by atoms with van der Waals surface area (Å²) in [7, 11) is 1.66. The van der Waals surface area contributed by atoms with E-state index >= 15 is 0 Å². The second kappa shape index (κ2) is 11.1. The van der Waals surface area contributed by atoms with Gasteiger partial charge in [0.15, 0.2) is 0 Å². The average molecular weight is 294 g/mol. The standard InChI is InChI=1S/C17H26O4/c1-15(18)21-13-7-5-3-4-6-12-20-14-16-8-10-17(19-2)11-9-16/h8-11H,3-7,12-14H2,1-2H3. The van der Waals surface area contributed by atoms with Crippen molar-refractivity contribution in [3.63, 3.8) is 0 Å². The fraction of sp³-hybridized carbons (Fsp3) is 0.588. The van der Waals surface area contributed by atoms with Gasteiger partial charge in [0.05, 0.1) is 20.3 Å². The zero-order chi connectivity index (χ0) is 15.3. The monoisotopic (exact) mass is 294 g/mol. The van der Waals surface area contributed by atoms with Gasteiger partial charge < -0.3 is 14.2 Å². The van der Waals surface area contributed by atoms with Crippen LogP contribution in [0.5, 0.6) is 5.75 Å². The first-order valence-electron chi connectivity index (χ1n) is 7.56. The molecule has 0 aliphatic carbocycles. The van der Waals surface area contributed by atoms with Crippen molar-refractivity contribution in [2.75, 3.05) is 20.3 Å². The number of hydrogen-bond donors (Lipinski definition) is 0. The zero-order valence-corrected chi connectivity index (χ0v) is 13.1. The molecular weight excluding hydrogens is 268 g/mol. The second-order valence-corrected chi connectivity index (χ2v) is 5.01. The number of ether oxygens (including phenoxy) is 3. The molecule has 0 saturated heterocycles. The molecule has 0 N–H and O–H groups in total. The molecule has 0 atom stereocenters. The van der Waals surface area contributed by atoms with Crippen LogP contribution in [-0.2, 0) is 20.9 Å². The Bertz CT molecular complexity index is 386. The smallest absolute Gasteiger partial charge is 0.302 e. The van der Waals surface area contributed by atoms with Crippen LogP contribution >= 0.6 is 0 Å². The van der Waals surface area contributed by atoms with E-state index in [4.69, 9.17) is 14.2 Å². The van der Waals surface area contributed by atoms with E-state index in [1.165, 1.54) is 6.92 Å². The third-order valence-electron chi connectivity index (χ3n) is 3.17. The number of unbranched alkanes of at least 4 members (excludes halogenated alkanes) is 4. The summed E-state index contributed by atoms with van der Waals surface area (Å²) in [6, 6.07) is 7.94. The Hall–Kier alpha value is -1.55. The zero-order valence-electron chi connectivity index (χ0n) is 13.1. The van der Waals surface area contributed by atoms with Gasteiger partial charge in [-0.1, -0.05) is 31.4 Å². The summed E-state index contributed by atoms with van der Waals surface area (Å²) >= 11 is 0. The van der Waals surface area contributed by atoms with Gasteiger partial charge in [-0.3, -0.25) is 4.79 Å². The van der Waals surface area contributed by atoms with Crippen molar-refractivity contribution >= 4 is 5.97 Å². The Balaban J connectivity index is 1.91. The minimum absolute atomic E-state index is 0.193. The molecule has 0 amide bonds. The fourth-order valence-electron chi connectivity index (χ4n) is 1.96. The van der Waals surface area contributed by atoms with Gasteiger partial charge in [0, 0.05) is 13.5 Å². The van der Waals surface area contributed by atoms with E-state index in [9.17, 15) is 4.79 Å². The maximum Gasteiger partial charge on any atom is 0.302 e. The molecule has 0 heterocycles. The minimum Gasteiger partial charge on any atom is -0.497 e. The Labute approximate surface area is 127 Å². The van der Waals surface area contributed by atoms with Crippen LogP contribution in [0.3, 0.4) is 0 Å². The molecule has 0 aliphatic heterocycles. The number of methoxy groups -OCH3 is 1. The molecule has 0 bridgehead atoms.